The monoisotopic (exact) mass is 2170 g/mol. The first kappa shape index (κ1) is 130. The predicted molar refractivity (Wildman–Crippen MR) is 559 cm³/mol. The van der Waals surface area contributed by atoms with E-state index in [-0.39, 0.29) is 46.8 Å². The third kappa shape index (κ3) is 47.8. The number of aliphatic imine (C=N–C) groups is 1. The SMILES string of the molecule is C1CCC(N=C(NC2CCCCC2)N2CCOCC2)CC1.CCC(C)(C)OC(=O)N1CCC(OC(=O)C2CCCCC2)CC1.CCCC[N+](CCCC)(CCCC)CCCC.COCCN(CCOC)CCOCCOCCOc1c(C)cccc1C.CS(=O)(=O)[N-]S(=O)(=O)C(F)(F)C(F)(F)C(F)(F)S(=O)(=O)N1CCN(CCC(F)(F)F)CC1.O=C([O-])c1ccccc1.c1ccc([S+](c2ccccc2)c2ccccc2)cc1. The van der Waals surface area contributed by atoms with Gasteiger partial charge in [0.25, 0.3) is 10.0 Å². The highest BCUT2D eigenvalue weighted by atomic mass is 32.3. The fourth-order valence-corrected chi connectivity index (χ4v) is 22.9. The number of unbranched alkanes of at least 4 members (excludes halogenated alkanes) is 4. The number of esters is 1. The number of alkyl halides is 9. The lowest BCUT2D eigenvalue weighted by Crippen LogP contribution is -2.64. The molecule has 0 spiro atoms. The summed E-state index contributed by atoms with van der Waals surface area (Å²) in [5.41, 5.74) is 2.10. The van der Waals surface area contributed by atoms with Crippen LogP contribution in [0, 0.1) is 19.8 Å². The van der Waals surface area contributed by atoms with E-state index in [1.165, 1.54) is 190 Å². The van der Waals surface area contributed by atoms with Crippen molar-refractivity contribution >= 4 is 65.0 Å². The van der Waals surface area contributed by atoms with Gasteiger partial charge in [-0.25, -0.2) is 35.0 Å². The lowest BCUT2D eigenvalue weighted by atomic mass is 9.89. The van der Waals surface area contributed by atoms with Crippen molar-refractivity contribution in [2.75, 3.05) is 185 Å². The van der Waals surface area contributed by atoms with E-state index >= 15 is 0 Å². The van der Waals surface area contributed by atoms with Gasteiger partial charge >= 0.3 is 34.7 Å². The molecule has 6 aliphatic rings. The summed E-state index contributed by atoms with van der Waals surface area (Å²) in [6, 6.07) is 47.6. The lowest BCUT2D eigenvalue weighted by molar-refractivity contribution is -0.929. The van der Waals surface area contributed by atoms with E-state index in [1.54, 1.807) is 37.3 Å². The molecule has 40 heteroatoms. The number of amides is 1. The molecule has 3 saturated heterocycles. The molecule has 27 nitrogen and oxygen atoms in total. The molecule has 0 unspecified atom stereocenters. The fourth-order valence-electron chi connectivity index (χ4n) is 17.1. The molecule has 836 valence electrons. The van der Waals surface area contributed by atoms with E-state index in [2.05, 4.69) is 160 Å². The van der Waals surface area contributed by atoms with Gasteiger partial charge in [-0.1, -0.05) is 221 Å². The third-order valence-corrected chi connectivity index (χ3v) is 33.1. The molecule has 3 saturated carbocycles. The molecular formula is C107H168F9N9O18S4. The fraction of sp³-hybridized carbons (Fsp3) is 0.682. The molecule has 0 radical (unpaired) electrons. The molecule has 147 heavy (non-hydrogen) atoms. The Morgan fingerprint density at radius 3 is 1.39 bits per heavy atom. The number of aryl methyl sites for hydroxylation is 2. The van der Waals surface area contributed by atoms with Crippen molar-refractivity contribution in [3.05, 3.63) is 160 Å². The average Bonchev–Trinajstić information content (AvgIpc) is 0.710. The van der Waals surface area contributed by atoms with Crippen LogP contribution in [0.1, 0.15) is 243 Å². The largest absolute Gasteiger partial charge is 0.545 e. The second-order valence-corrected chi connectivity index (χ2v) is 46.0. The maximum Gasteiger partial charge on any atom is 0.428 e. The molecule has 1 amide bonds. The minimum atomic E-state index is -7.20. The molecule has 5 aromatic carbocycles. The van der Waals surface area contributed by atoms with Gasteiger partial charge in [0.05, 0.1) is 124 Å². The Labute approximate surface area is 874 Å². The van der Waals surface area contributed by atoms with Crippen molar-refractivity contribution in [1.29, 1.82) is 0 Å². The number of carboxylic acid groups (broad SMARTS) is 1. The van der Waals surface area contributed by atoms with Crippen LogP contribution >= 0.6 is 0 Å². The highest BCUT2D eigenvalue weighted by Gasteiger charge is 2.81. The van der Waals surface area contributed by atoms with Gasteiger partial charge in [-0.2, -0.15) is 43.8 Å². The number of methoxy groups -OCH3 is 2. The molecule has 0 atom stereocenters. The first-order chi connectivity index (χ1) is 69.9. The van der Waals surface area contributed by atoms with Crippen LogP contribution in [-0.4, -0.2) is 309 Å². The number of para-hydroxylation sites is 1. The number of carbonyl (C=O) groups excluding carboxylic acids is 3. The summed E-state index contributed by atoms with van der Waals surface area (Å²) < 4.78 is 235. The first-order valence-electron chi connectivity index (χ1n) is 52.4. The number of rotatable bonds is 47. The molecule has 11 rings (SSSR count). The number of benzene rings is 5. The van der Waals surface area contributed by atoms with E-state index in [9.17, 15) is 84.3 Å². The van der Waals surface area contributed by atoms with Crippen molar-refractivity contribution in [3.8, 4) is 5.75 Å². The Hall–Kier alpha value is -7.45. The number of piperidine rings is 1. The number of piperazine rings is 1. The minimum absolute atomic E-state index is 0.0146. The van der Waals surface area contributed by atoms with Gasteiger partial charge in [0, 0.05) is 118 Å². The van der Waals surface area contributed by atoms with Gasteiger partial charge in [0.15, 0.2) is 30.7 Å². The average molecular weight is 2170 g/mol. The van der Waals surface area contributed by atoms with E-state index in [0.717, 1.165) is 99.8 Å². The number of ether oxygens (including phenoxy) is 8. The number of halogens is 9. The van der Waals surface area contributed by atoms with Crippen LogP contribution in [0.15, 0.2) is 159 Å². The summed E-state index contributed by atoms with van der Waals surface area (Å²) in [4.78, 5) is 51.0. The van der Waals surface area contributed by atoms with Gasteiger partial charge in [0.1, 0.15) is 24.1 Å². The van der Waals surface area contributed by atoms with Crippen LogP contribution in [0.25, 0.3) is 4.13 Å². The Kier molecular flexibility index (Phi) is 60.6. The number of quaternary nitrogens is 1. The number of likely N-dealkylation sites (tertiary alicyclic amines) is 1. The first-order valence-corrected chi connectivity index (χ1v) is 58.4. The van der Waals surface area contributed by atoms with Crippen molar-refractivity contribution in [2.45, 2.75) is 297 Å². The predicted octanol–water partition coefficient (Wildman–Crippen LogP) is 20.3. The Morgan fingerprint density at radius 1 is 0.531 bits per heavy atom. The number of morpholine rings is 1. The van der Waals surface area contributed by atoms with Gasteiger partial charge in [0.2, 0.25) is 0 Å². The van der Waals surface area contributed by atoms with Gasteiger partial charge < -0.3 is 76.4 Å². The molecule has 6 fully saturated rings. The van der Waals surface area contributed by atoms with Gasteiger partial charge in [-0.3, -0.25) is 9.69 Å². The highest BCUT2D eigenvalue weighted by molar-refractivity contribution is 8.12. The van der Waals surface area contributed by atoms with Gasteiger partial charge in [-0.15, -0.1) is 0 Å². The maximum absolute atomic E-state index is 14.1. The number of nitrogens with one attached hydrogen (secondary N) is 1. The van der Waals surface area contributed by atoms with Crippen LogP contribution in [-0.2, 0) is 78.9 Å². The quantitative estimate of drug-likeness (QED) is 0.00719. The minimum Gasteiger partial charge on any atom is -0.545 e. The number of guanidine groups is 1. The smallest absolute Gasteiger partial charge is 0.428 e. The summed E-state index contributed by atoms with van der Waals surface area (Å²) >= 11 is 0. The summed E-state index contributed by atoms with van der Waals surface area (Å²) in [5, 5.41) is 0.125. The topological polar surface area (TPSA) is 305 Å². The van der Waals surface area contributed by atoms with Crippen LogP contribution < -0.4 is 15.2 Å². The maximum atomic E-state index is 14.1. The number of nitrogens with zero attached hydrogens (tertiary/aromatic N) is 8. The van der Waals surface area contributed by atoms with Crippen LogP contribution in [0.4, 0.5) is 44.3 Å². The molecule has 3 aliphatic heterocycles. The highest BCUT2D eigenvalue weighted by Crippen LogP contribution is 2.53. The number of carbonyl (C=O) groups is 3. The number of hydrogen-bond acceptors (Lipinski definition) is 21. The van der Waals surface area contributed by atoms with E-state index in [1.807, 2.05) is 26.8 Å². The lowest BCUT2D eigenvalue weighted by Gasteiger charge is -2.39. The zero-order chi connectivity index (χ0) is 108. The summed E-state index contributed by atoms with van der Waals surface area (Å²) in [5.74, 6) is -6.12. The van der Waals surface area contributed by atoms with E-state index in [0.29, 0.717) is 84.3 Å². The summed E-state index contributed by atoms with van der Waals surface area (Å²) in [7, 11) is -15.8. The Bertz CT molecular complexity index is 4650. The zero-order valence-corrected chi connectivity index (χ0v) is 92.1. The summed E-state index contributed by atoms with van der Waals surface area (Å²) in [6.45, 7) is 32.7. The molecule has 3 heterocycles. The second-order valence-electron chi connectivity index (χ2n) is 38.4. The number of aromatic carboxylic acids is 1. The Morgan fingerprint density at radius 2 is 0.966 bits per heavy atom. The normalized spacial score (nSPS) is 16.6. The van der Waals surface area contributed by atoms with Crippen molar-refractivity contribution in [2.24, 2.45) is 10.9 Å². The molecule has 0 bridgehead atoms. The second kappa shape index (κ2) is 68.6. The van der Waals surface area contributed by atoms with Crippen LogP contribution in [0.5, 0.6) is 5.75 Å². The molecule has 1 N–H and O–H groups in total. The zero-order valence-electron chi connectivity index (χ0n) is 88.8. The molecular weight excluding hydrogens is 2000 g/mol. The Balaban J connectivity index is 0.000000307. The van der Waals surface area contributed by atoms with Crippen molar-refractivity contribution in [3.63, 3.8) is 0 Å². The van der Waals surface area contributed by atoms with Gasteiger partial charge in [-0.05, 0) is 151 Å². The molecule has 0 aromatic heterocycles. The van der Waals surface area contributed by atoms with Crippen LogP contribution in [0.2, 0.25) is 0 Å². The third-order valence-electron chi connectivity index (χ3n) is 26.2. The molecule has 5 aromatic rings. The van der Waals surface area contributed by atoms with E-state index in [4.69, 9.17) is 42.9 Å². The molecule has 3 aliphatic carbocycles. The van der Waals surface area contributed by atoms with E-state index < -0.39 is 108 Å². The standard InChI is InChI=1S/C20H35NO5.C18H31NO4.C18H15S.C17H31N3O.C16H36N.C11H15F9N3O6S3.C7H6O2/c1-18-6-5-7-19(2)20(18)26-17-16-25-15-14-24-13-10-21(8-11-22-3)9-12-23-4;1-4-18(2,3)23-17(21)19-12-10-15(11-13-19)22-16(20)14-8-6-5-7-9-14;1-4-10-16(11-5-1)19(17-12-6-2-7-13-17)18-14-8-3-9-15-18;1-3-7-15(8-4-1)18-17(20-11-13-21-14-12-20)19-16-9-5-2-6-10-16;1-5-9-13-17(14-10-6-2,15-11-7-3)16-12-8-4;1-30(24,25)21-31(26,27)10(17,18)9(15,16)11(19,20)32(28,29)23-6-4-22(5-7-23)3-2-8(12,13)14;8-7(9)6-4-2-1-3-5-6/h5-7H,8-17H2,1-4H3;14-15H,4-13H2,1-3H3;1-15H;15-16H,1-14H2,(H,18,19);5-16H2,1-4H3;2-7H2,1H3;1-5H,(H,8,9)/q;;+1;;+1;-1;/p-1. The van der Waals surface area contributed by atoms with Crippen molar-refractivity contribution in [1.82, 2.24) is 29.2 Å². The number of sulfonamides is 3. The number of carboxylic acids is 1. The van der Waals surface area contributed by atoms with Crippen molar-refractivity contribution < 1.29 is 127 Å². The van der Waals surface area contributed by atoms with Crippen LogP contribution in [0.3, 0.4) is 0 Å². The summed E-state index contributed by atoms with van der Waals surface area (Å²) in [6.07, 6.45) is 25.8. The number of hydrogen-bond donors (Lipinski definition) is 1.